The molecule has 1 amide bonds. The number of carbonyl (C=O) groups excluding carboxylic acids is 1. The minimum absolute atomic E-state index is 0.0553. The molecule has 4 nitrogen and oxygen atoms in total. The molecule has 0 aliphatic rings. The summed E-state index contributed by atoms with van der Waals surface area (Å²) in [5.41, 5.74) is 9.47. The molecule has 0 unspecified atom stereocenters. The van der Waals surface area contributed by atoms with Crippen LogP contribution in [0, 0.1) is 13.8 Å². The number of pyridine rings is 1. The van der Waals surface area contributed by atoms with E-state index in [2.05, 4.69) is 10.3 Å². The third kappa shape index (κ3) is 3.55. The summed E-state index contributed by atoms with van der Waals surface area (Å²) >= 11 is 0. The maximum Gasteiger partial charge on any atom is 0.228 e. The first kappa shape index (κ1) is 13.1. The zero-order chi connectivity index (χ0) is 13.8. The van der Waals surface area contributed by atoms with E-state index in [1.54, 1.807) is 18.3 Å². The molecule has 0 saturated heterocycles. The van der Waals surface area contributed by atoms with E-state index >= 15 is 0 Å². The average molecular weight is 255 g/mol. The van der Waals surface area contributed by atoms with Crippen LogP contribution in [0.1, 0.15) is 16.7 Å². The molecule has 0 aliphatic carbocycles. The molecular weight excluding hydrogens is 238 g/mol. The number of carbonyl (C=O) groups is 1. The Morgan fingerprint density at radius 2 is 2.05 bits per heavy atom. The van der Waals surface area contributed by atoms with Crippen molar-refractivity contribution in [2.45, 2.75) is 20.3 Å². The van der Waals surface area contributed by atoms with Gasteiger partial charge in [-0.25, -0.2) is 4.98 Å². The number of nitrogen functional groups attached to an aromatic ring is 1. The minimum Gasteiger partial charge on any atom is -0.384 e. The molecule has 0 spiro atoms. The molecule has 0 fully saturated rings. The molecule has 1 aromatic carbocycles. The highest BCUT2D eigenvalue weighted by molar-refractivity contribution is 5.92. The van der Waals surface area contributed by atoms with Gasteiger partial charge in [-0.2, -0.15) is 0 Å². The van der Waals surface area contributed by atoms with E-state index in [1.807, 2.05) is 32.0 Å². The van der Waals surface area contributed by atoms with Crippen molar-refractivity contribution >= 4 is 17.4 Å². The smallest absolute Gasteiger partial charge is 0.228 e. The number of nitrogens with one attached hydrogen (secondary N) is 1. The Labute approximate surface area is 112 Å². The van der Waals surface area contributed by atoms with Gasteiger partial charge in [-0.3, -0.25) is 4.79 Å². The molecule has 2 aromatic rings. The van der Waals surface area contributed by atoms with Crippen molar-refractivity contribution in [2.24, 2.45) is 0 Å². The first-order valence-corrected chi connectivity index (χ1v) is 6.12. The first-order valence-electron chi connectivity index (χ1n) is 6.12. The summed E-state index contributed by atoms with van der Waals surface area (Å²) < 4.78 is 0. The lowest BCUT2D eigenvalue weighted by molar-refractivity contribution is -0.115. The van der Waals surface area contributed by atoms with Gasteiger partial charge >= 0.3 is 0 Å². The summed E-state index contributed by atoms with van der Waals surface area (Å²) in [6, 6.07) is 9.51. The summed E-state index contributed by atoms with van der Waals surface area (Å²) in [4.78, 5) is 15.9. The Hall–Kier alpha value is -2.36. The maximum atomic E-state index is 12.0. The van der Waals surface area contributed by atoms with Gasteiger partial charge in [0.1, 0.15) is 5.82 Å². The highest BCUT2D eigenvalue weighted by atomic mass is 16.1. The second-order valence-electron chi connectivity index (χ2n) is 4.63. The van der Waals surface area contributed by atoms with E-state index in [9.17, 15) is 4.79 Å². The SMILES string of the molecule is Cc1ccc(C)c(CC(=O)Nc2ccc(N)nc2)c1. The fraction of sp³-hybridized carbons (Fsp3) is 0.200. The molecule has 4 heteroatoms. The summed E-state index contributed by atoms with van der Waals surface area (Å²) in [5, 5.41) is 2.81. The van der Waals surface area contributed by atoms with Crippen LogP contribution in [0.15, 0.2) is 36.5 Å². The molecule has 0 radical (unpaired) electrons. The van der Waals surface area contributed by atoms with Gasteiger partial charge in [-0.05, 0) is 37.1 Å². The Morgan fingerprint density at radius 1 is 1.26 bits per heavy atom. The zero-order valence-electron chi connectivity index (χ0n) is 11.1. The number of rotatable bonds is 3. The topological polar surface area (TPSA) is 68.0 Å². The summed E-state index contributed by atoms with van der Waals surface area (Å²) in [5.74, 6) is 0.382. The highest BCUT2D eigenvalue weighted by Gasteiger charge is 2.07. The molecule has 98 valence electrons. The lowest BCUT2D eigenvalue weighted by Gasteiger charge is -2.08. The molecular formula is C15H17N3O. The van der Waals surface area contributed by atoms with Gasteiger partial charge in [0, 0.05) is 0 Å². The molecule has 1 aromatic heterocycles. The quantitative estimate of drug-likeness (QED) is 0.885. The van der Waals surface area contributed by atoms with Crippen LogP contribution in [0.3, 0.4) is 0 Å². The largest absolute Gasteiger partial charge is 0.384 e. The molecule has 1 heterocycles. The number of benzene rings is 1. The van der Waals surface area contributed by atoms with E-state index in [0.717, 1.165) is 16.7 Å². The zero-order valence-corrected chi connectivity index (χ0v) is 11.1. The minimum atomic E-state index is -0.0553. The number of hydrogen-bond donors (Lipinski definition) is 2. The van der Waals surface area contributed by atoms with Crippen LogP contribution in [-0.4, -0.2) is 10.9 Å². The van der Waals surface area contributed by atoms with Crippen molar-refractivity contribution in [3.05, 3.63) is 53.2 Å². The van der Waals surface area contributed by atoms with Crippen molar-refractivity contribution in [1.29, 1.82) is 0 Å². The second kappa shape index (κ2) is 5.52. The Morgan fingerprint density at radius 3 is 2.74 bits per heavy atom. The number of aromatic nitrogens is 1. The fourth-order valence-electron chi connectivity index (χ4n) is 1.85. The monoisotopic (exact) mass is 255 g/mol. The lowest BCUT2D eigenvalue weighted by Crippen LogP contribution is -2.15. The number of nitrogens with zero attached hydrogens (tertiary/aromatic N) is 1. The van der Waals surface area contributed by atoms with Gasteiger partial charge in [-0.15, -0.1) is 0 Å². The number of hydrogen-bond acceptors (Lipinski definition) is 3. The predicted molar refractivity (Wildman–Crippen MR) is 76.9 cm³/mol. The van der Waals surface area contributed by atoms with E-state index in [1.165, 1.54) is 0 Å². The molecule has 0 bridgehead atoms. The maximum absolute atomic E-state index is 12.0. The summed E-state index contributed by atoms with van der Waals surface area (Å²) in [6.07, 6.45) is 1.91. The Bertz CT molecular complexity index is 591. The fourth-order valence-corrected chi connectivity index (χ4v) is 1.85. The van der Waals surface area contributed by atoms with Gasteiger partial charge in [0.2, 0.25) is 5.91 Å². The van der Waals surface area contributed by atoms with Crippen LogP contribution in [0.5, 0.6) is 0 Å². The molecule has 0 atom stereocenters. The third-order valence-corrected chi connectivity index (χ3v) is 2.93. The second-order valence-corrected chi connectivity index (χ2v) is 4.63. The molecule has 3 N–H and O–H groups in total. The predicted octanol–water partition coefficient (Wildman–Crippen LogP) is 2.46. The number of aryl methyl sites for hydroxylation is 2. The van der Waals surface area contributed by atoms with Crippen LogP contribution >= 0.6 is 0 Å². The number of anilines is 2. The summed E-state index contributed by atoms with van der Waals surface area (Å²) in [6.45, 7) is 4.03. The van der Waals surface area contributed by atoms with E-state index in [-0.39, 0.29) is 5.91 Å². The molecule has 0 saturated carbocycles. The van der Waals surface area contributed by atoms with Gasteiger partial charge in [0.05, 0.1) is 18.3 Å². The van der Waals surface area contributed by atoms with Crippen molar-refractivity contribution in [1.82, 2.24) is 4.98 Å². The standard InChI is InChI=1S/C15H17N3O/c1-10-3-4-11(2)12(7-10)8-15(19)18-13-5-6-14(16)17-9-13/h3-7,9H,8H2,1-2H3,(H2,16,17)(H,18,19). The Balaban J connectivity index is 2.05. The number of amides is 1. The van der Waals surface area contributed by atoms with Crippen LogP contribution in [0.25, 0.3) is 0 Å². The lowest BCUT2D eigenvalue weighted by atomic mass is 10.0. The van der Waals surface area contributed by atoms with Crippen molar-refractivity contribution in [2.75, 3.05) is 11.1 Å². The van der Waals surface area contributed by atoms with Gasteiger partial charge < -0.3 is 11.1 Å². The Kier molecular flexibility index (Phi) is 3.80. The normalized spacial score (nSPS) is 10.2. The highest BCUT2D eigenvalue weighted by Crippen LogP contribution is 2.13. The van der Waals surface area contributed by atoms with Crippen LogP contribution < -0.4 is 11.1 Å². The first-order chi connectivity index (χ1) is 9.04. The van der Waals surface area contributed by atoms with E-state index in [0.29, 0.717) is 17.9 Å². The summed E-state index contributed by atoms with van der Waals surface area (Å²) in [7, 11) is 0. The van der Waals surface area contributed by atoms with Gasteiger partial charge in [0.25, 0.3) is 0 Å². The van der Waals surface area contributed by atoms with Gasteiger partial charge in [0.15, 0.2) is 0 Å². The van der Waals surface area contributed by atoms with E-state index in [4.69, 9.17) is 5.73 Å². The molecule has 2 rings (SSSR count). The van der Waals surface area contributed by atoms with Crippen LogP contribution in [0.4, 0.5) is 11.5 Å². The van der Waals surface area contributed by atoms with Gasteiger partial charge in [-0.1, -0.05) is 23.8 Å². The van der Waals surface area contributed by atoms with Crippen LogP contribution in [0.2, 0.25) is 0 Å². The van der Waals surface area contributed by atoms with Crippen molar-refractivity contribution in [3.63, 3.8) is 0 Å². The third-order valence-electron chi connectivity index (χ3n) is 2.93. The van der Waals surface area contributed by atoms with Crippen LogP contribution in [-0.2, 0) is 11.2 Å². The average Bonchev–Trinajstić information content (AvgIpc) is 2.37. The van der Waals surface area contributed by atoms with E-state index < -0.39 is 0 Å². The number of nitrogens with two attached hydrogens (primary N) is 1. The van der Waals surface area contributed by atoms with Crippen molar-refractivity contribution in [3.8, 4) is 0 Å². The molecule has 0 aliphatic heterocycles. The van der Waals surface area contributed by atoms with Crippen molar-refractivity contribution < 1.29 is 4.79 Å². The molecule has 19 heavy (non-hydrogen) atoms.